The molecule has 1 N–H and O–H groups in total. The number of hydrogen-bond acceptors (Lipinski definition) is 2. The molecule has 2 aromatic rings. The summed E-state index contributed by atoms with van der Waals surface area (Å²) < 4.78 is 5.29. The summed E-state index contributed by atoms with van der Waals surface area (Å²) in [6.07, 6.45) is 0. The Morgan fingerprint density at radius 1 is 1.14 bits per heavy atom. The van der Waals surface area contributed by atoms with Gasteiger partial charge in [-0.2, -0.15) is 0 Å². The van der Waals surface area contributed by atoms with Gasteiger partial charge in [0.2, 0.25) is 0 Å². The van der Waals surface area contributed by atoms with E-state index in [4.69, 9.17) is 16.3 Å². The van der Waals surface area contributed by atoms with Gasteiger partial charge in [0, 0.05) is 5.02 Å². The van der Waals surface area contributed by atoms with Crippen LogP contribution in [0.3, 0.4) is 0 Å². The van der Waals surface area contributed by atoms with E-state index >= 15 is 0 Å². The van der Waals surface area contributed by atoms with Crippen LogP contribution in [0.25, 0.3) is 0 Å². The Balaban J connectivity index is 2.47. The van der Waals surface area contributed by atoms with Gasteiger partial charge in [0.1, 0.15) is 5.75 Å². The molecule has 0 heterocycles. The third-order valence-electron chi connectivity index (χ3n) is 3.59. The average Bonchev–Trinajstić information content (AvgIpc) is 2.44. The molecule has 1 unspecified atom stereocenters. The number of hydrogen-bond donors (Lipinski definition) is 1. The Morgan fingerprint density at radius 2 is 1.90 bits per heavy atom. The van der Waals surface area contributed by atoms with Gasteiger partial charge in [-0.15, -0.1) is 0 Å². The predicted octanol–water partition coefficient (Wildman–Crippen LogP) is 4.66. The third kappa shape index (κ3) is 3.78. The Morgan fingerprint density at radius 3 is 2.48 bits per heavy atom. The van der Waals surface area contributed by atoms with Gasteiger partial charge in [0.15, 0.2) is 0 Å². The van der Waals surface area contributed by atoms with Crippen molar-refractivity contribution >= 4 is 11.6 Å². The van der Waals surface area contributed by atoms with E-state index in [0.717, 1.165) is 17.3 Å². The summed E-state index contributed by atoms with van der Waals surface area (Å²) in [6, 6.07) is 12.5. The standard InChI is InChI=1S/C18H22ClNO/c1-5-20-18(14-8-12(2)9-15(19)11-14)17-7-6-16(21-4)10-13(17)3/h6-11,18,20H,5H2,1-4H3. The molecule has 0 amide bonds. The average molecular weight is 304 g/mol. The van der Waals surface area contributed by atoms with Crippen LogP contribution < -0.4 is 10.1 Å². The van der Waals surface area contributed by atoms with Gasteiger partial charge in [-0.1, -0.05) is 30.7 Å². The number of methoxy groups -OCH3 is 1. The fourth-order valence-corrected chi connectivity index (χ4v) is 2.94. The summed E-state index contributed by atoms with van der Waals surface area (Å²) in [5, 5.41) is 4.33. The number of halogens is 1. The highest BCUT2D eigenvalue weighted by molar-refractivity contribution is 6.30. The minimum Gasteiger partial charge on any atom is -0.497 e. The molecule has 0 radical (unpaired) electrons. The van der Waals surface area contributed by atoms with Crippen LogP contribution in [0.15, 0.2) is 36.4 Å². The zero-order chi connectivity index (χ0) is 15.4. The highest BCUT2D eigenvalue weighted by Crippen LogP contribution is 2.29. The molecule has 0 saturated carbocycles. The van der Waals surface area contributed by atoms with Gasteiger partial charge >= 0.3 is 0 Å². The van der Waals surface area contributed by atoms with Crippen LogP contribution in [0.4, 0.5) is 0 Å². The van der Waals surface area contributed by atoms with E-state index in [0.29, 0.717) is 0 Å². The Bertz CT molecular complexity index is 604. The molecule has 21 heavy (non-hydrogen) atoms. The summed E-state index contributed by atoms with van der Waals surface area (Å²) in [4.78, 5) is 0. The number of rotatable bonds is 5. The molecule has 0 spiro atoms. The van der Waals surface area contributed by atoms with E-state index in [1.165, 1.54) is 22.3 Å². The molecule has 0 saturated heterocycles. The molecule has 0 aliphatic carbocycles. The van der Waals surface area contributed by atoms with E-state index in [-0.39, 0.29) is 6.04 Å². The number of benzene rings is 2. The second kappa shape index (κ2) is 6.97. The minimum atomic E-state index is 0.137. The van der Waals surface area contributed by atoms with Crippen molar-refractivity contribution in [2.75, 3.05) is 13.7 Å². The molecule has 2 rings (SSSR count). The zero-order valence-electron chi connectivity index (χ0n) is 13.0. The molecule has 0 fully saturated rings. The van der Waals surface area contributed by atoms with Crippen molar-refractivity contribution in [3.05, 3.63) is 63.7 Å². The molecular formula is C18H22ClNO. The molecule has 2 aromatic carbocycles. The summed E-state index contributed by atoms with van der Waals surface area (Å²) >= 11 is 6.22. The number of nitrogens with one attached hydrogen (secondary N) is 1. The van der Waals surface area contributed by atoms with Gasteiger partial charge in [-0.3, -0.25) is 0 Å². The molecule has 2 nitrogen and oxygen atoms in total. The second-order valence-electron chi connectivity index (χ2n) is 5.28. The lowest BCUT2D eigenvalue weighted by atomic mass is 9.94. The molecule has 0 aliphatic rings. The normalized spacial score (nSPS) is 12.2. The van der Waals surface area contributed by atoms with Crippen molar-refractivity contribution in [1.29, 1.82) is 0 Å². The monoisotopic (exact) mass is 303 g/mol. The highest BCUT2D eigenvalue weighted by atomic mass is 35.5. The van der Waals surface area contributed by atoms with E-state index in [1.54, 1.807) is 7.11 Å². The molecule has 1 atom stereocenters. The Labute approximate surface area is 132 Å². The Kier molecular flexibility index (Phi) is 5.27. The van der Waals surface area contributed by atoms with Crippen LogP contribution in [0.5, 0.6) is 5.75 Å². The summed E-state index contributed by atoms with van der Waals surface area (Å²) in [5.41, 5.74) is 4.82. The number of aryl methyl sites for hydroxylation is 2. The van der Waals surface area contributed by atoms with Crippen LogP contribution >= 0.6 is 11.6 Å². The molecule has 3 heteroatoms. The first-order valence-corrected chi connectivity index (χ1v) is 7.58. The lowest BCUT2D eigenvalue weighted by molar-refractivity contribution is 0.414. The zero-order valence-corrected chi connectivity index (χ0v) is 13.8. The Hall–Kier alpha value is -1.51. The summed E-state index contributed by atoms with van der Waals surface area (Å²) in [7, 11) is 1.69. The van der Waals surface area contributed by atoms with Crippen molar-refractivity contribution in [3.8, 4) is 5.75 Å². The van der Waals surface area contributed by atoms with Crippen LogP contribution in [0.2, 0.25) is 5.02 Å². The third-order valence-corrected chi connectivity index (χ3v) is 3.81. The summed E-state index contributed by atoms with van der Waals surface area (Å²) in [5.74, 6) is 0.883. The van der Waals surface area contributed by atoms with E-state index < -0.39 is 0 Å². The molecule has 112 valence electrons. The fourth-order valence-electron chi connectivity index (χ4n) is 2.64. The maximum Gasteiger partial charge on any atom is 0.119 e. The van der Waals surface area contributed by atoms with Crippen LogP contribution in [-0.2, 0) is 0 Å². The van der Waals surface area contributed by atoms with Crippen LogP contribution in [0.1, 0.15) is 35.2 Å². The first-order chi connectivity index (χ1) is 10.0. The van der Waals surface area contributed by atoms with Crippen LogP contribution in [-0.4, -0.2) is 13.7 Å². The molecule has 0 aromatic heterocycles. The maximum absolute atomic E-state index is 6.22. The van der Waals surface area contributed by atoms with Gasteiger partial charge in [0.25, 0.3) is 0 Å². The lowest BCUT2D eigenvalue weighted by Gasteiger charge is -2.22. The van der Waals surface area contributed by atoms with Crippen molar-refractivity contribution in [3.63, 3.8) is 0 Å². The molecule has 0 bridgehead atoms. The van der Waals surface area contributed by atoms with Crippen molar-refractivity contribution in [1.82, 2.24) is 5.32 Å². The smallest absolute Gasteiger partial charge is 0.119 e. The fraction of sp³-hybridized carbons (Fsp3) is 0.333. The largest absolute Gasteiger partial charge is 0.497 e. The topological polar surface area (TPSA) is 21.3 Å². The van der Waals surface area contributed by atoms with Gasteiger partial charge in [-0.05, 0) is 66.9 Å². The second-order valence-corrected chi connectivity index (χ2v) is 5.71. The van der Waals surface area contributed by atoms with Crippen molar-refractivity contribution in [2.45, 2.75) is 26.8 Å². The van der Waals surface area contributed by atoms with Gasteiger partial charge in [-0.25, -0.2) is 0 Å². The predicted molar refractivity (Wildman–Crippen MR) is 89.4 cm³/mol. The van der Waals surface area contributed by atoms with E-state index in [9.17, 15) is 0 Å². The quantitative estimate of drug-likeness (QED) is 0.867. The first kappa shape index (κ1) is 15.9. The molecular weight excluding hydrogens is 282 g/mol. The van der Waals surface area contributed by atoms with Crippen molar-refractivity contribution < 1.29 is 4.74 Å². The highest BCUT2D eigenvalue weighted by Gasteiger charge is 2.16. The summed E-state index contributed by atoms with van der Waals surface area (Å²) in [6.45, 7) is 7.18. The van der Waals surface area contributed by atoms with Gasteiger partial charge in [0.05, 0.1) is 13.2 Å². The minimum absolute atomic E-state index is 0.137. The first-order valence-electron chi connectivity index (χ1n) is 7.20. The SMILES string of the molecule is CCNC(c1cc(C)cc(Cl)c1)c1ccc(OC)cc1C. The van der Waals surface area contributed by atoms with Gasteiger partial charge < -0.3 is 10.1 Å². The lowest BCUT2D eigenvalue weighted by Crippen LogP contribution is -2.23. The van der Waals surface area contributed by atoms with E-state index in [2.05, 4.69) is 44.3 Å². The molecule has 0 aliphatic heterocycles. The van der Waals surface area contributed by atoms with E-state index in [1.807, 2.05) is 18.2 Å². The van der Waals surface area contributed by atoms with Crippen LogP contribution in [0, 0.1) is 13.8 Å². The number of ether oxygens (including phenoxy) is 1. The van der Waals surface area contributed by atoms with Crippen molar-refractivity contribution in [2.24, 2.45) is 0 Å². The maximum atomic E-state index is 6.22.